The predicted molar refractivity (Wildman–Crippen MR) is 121 cm³/mol. The second-order valence-electron chi connectivity index (χ2n) is 7.58. The molecule has 11 heteroatoms. The molecule has 0 unspecified atom stereocenters. The molecule has 0 saturated carbocycles. The molecular formula is C23H26N3O7S-. The van der Waals surface area contributed by atoms with Crippen LogP contribution in [-0.2, 0) is 26.0 Å². The van der Waals surface area contributed by atoms with Gasteiger partial charge in [0.05, 0.1) is 31.3 Å². The highest BCUT2D eigenvalue weighted by atomic mass is 32.2. The Morgan fingerprint density at radius 1 is 1.15 bits per heavy atom. The van der Waals surface area contributed by atoms with E-state index >= 15 is 0 Å². The Morgan fingerprint density at radius 2 is 1.88 bits per heavy atom. The molecule has 10 nitrogen and oxygen atoms in total. The average Bonchev–Trinajstić information content (AvgIpc) is 2.81. The van der Waals surface area contributed by atoms with Crippen LogP contribution in [0, 0.1) is 11.3 Å². The minimum atomic E-state index is -3.97. The zero-order valence-corrected chi connectivity index (χ0v) is 19.9. The highest BCUT2D eigenvalue weighted by Crippen LogP contribution is 2.27. The lowest BCUT2D eigenvalue weighted by atomic mass is 10.00. The normalized spacial score (nSPS) is 11.0. The molecule has 2 aromatic rings. The SMILES string of the molecule is COc1ccc(C#N)cc1S(=O)(=O)NCCc1ccc(C(C)C)cc1OCC(=O)NCC(=O)[O-]. The summed E-state index contributed by atoms with van der Waals surface area (Å²) in [4.78, 5) is 22.1. The van der Waals surface area contributed by atoms with Crippen molar-refractivity contribution in [1.82, 2.24) is 10.0 Å². The van der Waals surface area contributed by atoms with Gasteiger partial charge in [-0.2, -0.15) is 5.26 Å². The number of hydrogen-bond donors (Lipinski definition) is 2. The molecule has 0 saturated heterocycles. The number of methoxy groups -OCH3 is 1. The van der Waals surface area contributed by atoms with E-state index in [1.54, 1.807) is 12.1 Å². The summed E-state index contributed by atoms with van der Waals surface area (Å²) in [5, 5.41) is 21.7. The first-order valence-electron chi connectivity index (χ1n) is 10.4. The molecule has 0 aliphatic carbocycles. The van der Waals surface area contributed by atoms with E-state index in [1.807, 2.05) is 26.0 Å². The van der Waals surface area contributed by atoms with Gasteiger partial charge in [0.2, 0.25) is 10.0 Å². The number of carbonyl (C=O) groups excluding carboxylic acids is 2. The fourth-order valence-corrected chi connectivity index (χ4v) is 4.21. The Hall–Kier alpha value is -3.62. The summed E-state index contributed by atoms with van der Waals surface area (Å²) in [6.07, 6.45) is 0.244. The van der Waals surface area contributed by atoms with Crippen molar-refractivity contribution < 1.29 is 32.6 Å². The molecule has 0 bridgehead atoms. The van der Waals surface area contributed by atoms with Crippen LogP contribution in [0.2, 0.25) is 0 Å². The first-order valence-corrected chi connectivity index (χ1v) is 11.9. The number of nitrogens with zero attached hydrogens (tertiary/aromatic N) is 1. The topological polar surface area (TPSA) is 158 Å². The van der Waals surface area contributed by atoms with Gasteiger partial charge < -0.3 is 24.7 Å². The summed E-state index contributed by atoms with van der Waals surface area (Å²) in [6, 6.07) is 11.4. The fraction of sp³-hybridized carbons (Fsp3) is 0.348. The molecule has 0 radical (unpaired) electrons. The van der Waals surface area contributed by atoms with Gasteiger partial charge in [-0.1, -0.05) is 26.0 Å². The standard InChI is InChI=1S/C23H27N3O7S/c1-15(2)18-6-5-17(20(11-18)33-14-22(27)25-13-23(28)29)8-9-26-34(30,31)21-10-16(12-24)4-7-19(21)32-3/h4-7,10-11,15,26H,8-9,13-14H2,1-3H3,(H,25,27)(H,28,29)/p-1. The third-order valence-corrected chi connectivity index (χ3v) is 6.30. The van der Waals surface area contributed by atoms with Gasteiger partial charge in [0.25, 0.3) is 5.91 Å². The number of rotatable bonds is 12. The van der Waals surface area contributed by atoms with Gasteiger partial charge in [-0.3, -0.25) is 4.79 Å². The Morgan fingerprint density at radius 3 is 2.50 bits per heavy atom. The van der Waals surface area contributed by atoms with Gasteiger partial charge in [-0.25, -0.2) is 13.1 Å². The minimum absolute atomic E-state index is 0.0105. The number of benzene rings is 2. The number of carboxylic acid groups (broad SMARTS) is 1. The Labute approximate surface area is 198 Å². The van der Waals surface area contributed by atoms with Gasteiger partial charge in [0.15, 0.2) is 6.61 Å². The second-order valence-corrected chi connectivity index (χ2v) is 9.32. The number of hydrogen-bond acceptors (Lipinski definition) is 8. The van der Waals surface area contributed by atoms with Crippen molar-refractivity contribution in [2.45, 2.75) is 31.1 Å². The number of amides is 1. The summed E-state index contributed by atoms with van der Waals surface area (Å²) in [5.74, 6) is -1.37. The van der Waals surface area contributed by atoms with Crippen LogP contribution in [0.15, 0.2) is 41.3 Å². The van der Waals surface area contributed by atoms with Gasteiger partial charge in [0.1, 0.15) is 16.4 Å². The summed E-state index contributed by atoms with van der Waals surface area (Å²) >= 11 is 0. The molecule has 0 heterocycles. The first-order chi connectivity index (χ1) is 16.1. The lowest BCUT2D eigenvalue weighted by Gasteiger charge is -2.16. The number of nitriles is 1. The number of carbonyl (C=O) groups is 2. The quantitative estimate of drug-likeness (QED) is 0.436. The molecule has 0 fully saturated rings. The van der Waals surface area contributed by atoms with Crippen LogP contribution in [0.4, 0.5) is 0 Å². The molecule has 1 amide bonds. The zero-order chi connectivity index (χ0) is 25.3. The van der Waals surface area contributed by atoms with Crippen LogP contribution in [0.5, 0.6) is 11.5 Å². The Kier molecular flexibility index (Phi) is 9.41. The molecule has 0 spiro atoms. The van der Waals surface area contributed by atoms with Gasteiger partial charge in [-0.15, -0.1) is 0 Å². The van der Waals surface area contributed by atoms with Crippen molar-refractivity contribution in [3.63, 3.8) is 0 Å². The monoisotopic (exact) mass is 488 g/mol. The summed E-state index contributed by atoms with van der Waals surface area (Å²) in [6.45, 7) is 2.95. The number of sulfonamides is 1. The molecular weight excluding hydrogens is 462 g/mol. The Balaban J connectivity index is 2.15. The molecule has 0 aliphatic heterocycles. The van der Waals surface area contributed by atoms with Gasteiger partial charge in [-0.05, 0) is 47.7 Å². The molecule has 0 aliphatic rings. The molecule has 0 aromatic heterocycles. The van der Waals surface area contributed by atoms with E-state index in [2.05, 4.69) is 10.0 Å². The van der Waals surface area contributed by atoms with Crippen LogP contribution >= 0.6 is 0 Å². The fourth-order valence-electron chi connectivity index (χ4n) is 2.99. The van der Waals surface area contributed by atoms with Crippen LogP contribution in [-0.4, -0.2) is 47.1 Å². The van der Waals surface area contributed by atoms with Crippen molar-refractivity contribution in [3.8, 4) is 17.6 Å². The van der Waals surface area contributed by atoms with E-state index in [0.29, 0.717) is 11.3 Å². The predicted octanol–water partition coefficient (Wildman–Crippen LogP) is 0.456. The largest absolute Gasteiger partial charge is 0.548 e. The van der Waals surface area contributed by atoms with Crippen LogP contribution < -0.4 is 24.6 Å². The van der Waals surface area contributed by atoms with Crippen molar-refractivity contribution in [2.24, 2.45) is 0 Å². The molecule has 182 valence electrons. The average molecular weight is 489 g/mol. The maximum atomic E-state index is 12.8. The molecule has 2 rings (SSSR count). The third-order valence-electron chi connectivity index (χ3n) is 4.82. The zero-order valence-electron chi connectivity index (χ0n) is 19.1. The lowest BCUT2D eigenvalue weighted by Crippen LogP contribution is -2.39. The number of nitrogens with one attached hydrogen (secondary N) is 2. The van der Waals surface area contributed by atoms with Gasteiger partial charge >= 0.3 is 0 Å². The third kappa shape index (κ3) is 7.47. The lowest BCUT2D eigenvalue weighted by molar-refractivity contribution is -0.304. The number of ether oxygens (including phenoxy) is 2. The van der Waals surface area contributed by atoms with Crippen molar-refractivity contribution in [3.05, 3.63) is 53.1 Å². The van der Waals surface area contributed by atoms with E-state index in [1.165, 1.54) is 25.3 Å². The summed E-state index contributed by atoms with van der Waals surface area (Å²) in [7, 11) is -2.64. The van der Waals surface area contributed by atoms with Crippen molar-refractivity contribution in [2.75, 3.05) is 26.8 Å². The second kappa shape index (κ2) is 12.0. The summed E-state index contributed by atoms with van der Waals surface area (Å²) in [5.41, 5.74) is 1.78. The van der Waals surface area contributed by atoms with E-state index < -0.39 is 35.1 Å². The highest BCUT2D eigenvalue weighted by Gasteiger charge is 2.20. The smallest absolute Gasteiger partial charge is 0.258 e. The van der Waals surface area contributed by atoms with Crippen LogP contribution in [0.1, 0.15) is 36.5 Å². The van der Waals surface area contributed by atoms with Crippen molar-refractivity contribution in [1.29, 1.82) is 5.26 Å². The molecule has 2 N–H and O–H groups in total. The van der Waals surface area contributed by atoms with Gasteiger partial charge in [0, 0.05) is 6.54 Å². The molecule has 0 atom stereocenters. The molecule has 2 aromatic carbocycles. The van der Waals surface area contributed by atoms with E-state index in [4.69, 9.17) is 14.7 Å². The van der Waals surface area contributed by atoms with E-state index in [0.717, 1.165) is 5.56 Å². The highest BCUT2D eigenvalue weighted by molar-refractivity contribution is 7.89. The maximum Gasteiger partial charge on any atom is 0.258 e. The van der Waals surface area contributed by atoms with Crippen LogP contribution in [0.25, 0.3) is 0 Å². The van der Waals surface area contributed by atoms with Crippen molar-refractivity contribution >= 4 is 21.9 Å². The first kappa shape index (κ1) is 26.6. The van der Waals surface area contributed by atoms with E-state index in [-0.39, 0.29) is 35.1 Å². The number of carboxylic acids is 1. The van der Waals surface area contributed by atoms with E-state index in [9.17, 15) is 23.1 Å². The minimum Gasteiger partial charge on any atom is -0.548 e. The molecule has 34 heavy (non-hydrogen) atoms. The van der Waals surface area contributed by atoms with Crippen LogP contribution in [0.3, 0.4) is 0 Å². The maximum absolute atomic E-state index is 12.8. The summed E-state index contributed by atoms with van der Waals surface area (Å²) < 4.78 is 38.8. The number of aliphatic carboxylic acids is 1. The Bertz CT molecular complexity index is 1190.